The first-order valence-electron chi connectivity index (χ1n) is 9.52. The molecule has 142 valence electrons. The molecule has 1 aliphatic heterocycles. The first kappa shape index (κ1) is 17.9. The Morgan fingerprint density at radius 1 is 1.07 bits per heavy atom. The highest BCUT2D eigenvalue weighted by atomic mass is 16.5. The summed E-state index contributed by atoms with van der Waals surface area (Å²) in [7, 11) is 0. The van der Waals surface area contributed by atoms with Gasteiger partial charge in [0.25, 0.3) is 0 Å². The van der Waals surface area contributed by atoms with Crippen molar-refractivity contribution in [2.24, 2.45) is 23.7 Å². The van der Waals surface area contributed by atoms with E-state index in [0.29, 0.717) is 5.56 Å². The minimum atomic E-state index is -0.999. The first-order valence-corrected chi connectivity index (χ1v) is 9.52. The molecule has 0 spiro atoms. The Morgan fingerprint density at radius 3 is 2.19 bits per heavy atom. The van der Waals surface area contributed by atoms with Crippen LogP contribution in [-0.2, 0) is 19.1 Å². The Hall–Kier alpha value is -2.50. The molecule has 0 unspecified atom stereocenters. The summed E-state index contributed by atoms with van der Waals surface area (Å²) in [5.74, 6) is -1.51. The van der Waals surface area contributed by atoms with Crippen molar-refractivity contribution in [3.8, 4) is 0 Å². The molecule has 3 fully saturated rings. The normalized spacial score (nSPS) is 29.8. The fraction of sp³-hybridized carbons (Fsp3) is 0.524. The lowest BCUT2D eigenvalue weighted by atomic mass is 9.81. The predicted octanol–water partition coefficient (Wildman–Crippen LogP) is 2.14. The minimum absolute atomic E-state index is 0.244. The number of ketones is 1. The first-order chi connectivity index (χ1) is 12.9. The van der Waals surface area contributed by atoms with Crippen molar-refractivity contribution < 1.29 is 23.9 Å². The molecule has 2 amide bonds. The zero-order chi connectivity index (χ0) is 19.3. The monoisotopic (exact) mass is 369 g/mol. The highest BCUT2D eigenvalue weighted by Crippen LogP contribution is 2.56. The van der Waals surface area contributed by atoms with E-state index in [-0.39, 0.29) is 41.3 Å². The average Bonchev–Trinajstić information content (AvgIpc) is 3.33. The van der Waals surface area contributed by atoms with Crippen molar-refractivity contribution >= 4 is 23.6 Å². The van der Waals surface area contributed by atoms with Gasteiger partial charge in [0.2, 0.25) is 11.8 Å². The molecule has 0 N–H and O–H groups in total. The number of likely N-dealkylation sites (tertiary alicyclic amines) is 1. The lowest BCUT2D eigenvalue weighted by Gasteiger charge is -2.22. The molecule has 4 rings (SSSR count). The van der Waals surface area contributed by atoms with Crippen LogP contribution in [0, 0.1) is 30.6 Å². The SMILES string of the molecule is Cc1ccc(C(=O)COC(=O)[C@H](C)N2C(=O)[C@H]3[C@H]4CC[C@@H](C4)[C@@H]3C2=O)cc1. The fourth-order valence-electron chi connectivity index (χ4n) is 5.00. The number of hydrogen-bond donors (Lipinski definition) is 0. The number of esters is 1. The highest BCUT2D eigenvalue weighted by Gasteiger charge is 2.62. The zero-order valence-electron chi connectivity index (χ0n) is 15.5. The third-order valence-electron chi connectivity index (χ3n) is 6.41. The van der Waals surface area contributed by atoms with Crippen molar-refractivity contribution in [2.45, 2.75) is 39.2 Å². The highest BCUT2D eigenvalue weighted by molar-refractivity contribution is 6.08. The number of carbonyl (C=O) groups excluding carboxylic acids is 4. The summed E-state index contributed by atoms with van der Waals surface area (Å²) < 4.78 is 5.12. The number of nitrogens with zero attached hydrogens (tertiary/aromatic N) is 1. The van der Waals surface area contributed by atoms with E-state index in [9.17, 15) is 19.2 Å². The number of aryl methyl sites for hydroxylation is 1. The maximum absolute atomic E-state index is 12.8. The van der Waals surface area contributed by atoms with Crippen LogP contribution >= 0.6 is 0 Å². The van der Waals surface area contributed by atoms with Crippen molar-refractivity contribution in [3.63, 3.8) is 0 Å². The van der Waals surface area contributed by atoms with Gasteiger partial charge in [-0.15, -0.1) is 0 Å². The molecule has 3 aliphatic rings. The number of imide groups is 1. The molecular weight excluding hydrogens is 346 g/mol. The summed E-state index contributed by atoms with van der Waals surface area (Å²) in [6.07, 6.45) is 2.93. The van der Waals surface area contributed by atoms with Gasteiger partial charge in [-0.25, -0.2) is 4.79 Å². The third-order valence-corrected chi connectivity index (χ3v) is 6.41. The van der Waals surface area contributed by atoms with Crippen molar-refractivity contribution in [1.82, 2.24) is 4.90 Å². The number of benzene rings is 1. The summed E-state index contributed by atoms with van der Waals surface area (Å²) in [4.78, 5) is 51.1. The number of fused-ring (bicyclic) bond motifs is 5. The Balaban J connectivity index is 1.39. The number of amides is 2. The number of carbonyl (C=O) groups is 4. The van der Waals surface area contributed by atoms with Gasteiger partial charge >= 0.3 is 5.97 Å². The molecule has 6 heteroatoms. The Bertz CT molecular complexity index is 786. The van der Waals surface area contributed by atoms with E-state index in [1.165, 1.54) is 6.92 Å². The van der Waals surface area contributed by atoms with Gasteiger partial charge in [-0.2, -0.15) is 0 Å². The molecule has 1 heterocycles. The molecule has 1 aromatic carbocycles. The number of ether oxygens (including phenoxy) is 1. The van der Waals surface area contributed by atoms with Crippen LogP contribution in [0.3, 0.4) is 0 Å². The van der Waals surface area contributed by atoms with Gasteiger partial charge in [0.05, 0.1) is 11.8 Å². The van der Waals surface area contributed by atoms with E-state index >= 15 is 0 Å². The number of hydrogen-bond acceptors (Lipinski definition) is 5. The van der Waals surface area contributed by atoms with Crippen LogP contribution in [0.15, 0.2) is 24.3 Å². The van der Waals surface area contributed by atoms with E-state index in [1.807, 2.05) is 19.1 Å². The molecule has 5 atom stereocenters. The second-order valence-corrected chi connectivity index (χ2v) is 8.00. The molecule has 2 bridgehead atoms. The summed E-state index contributed by atoms with van der Waals surface area (Å²) in [6.45, 7) is 3.01. The largest absolute Gasteiger partial charge is 0.456 e. The van der Waals surface area contributed by atoms with E-state index in [4.69, 9.17) is 4.74 Å². The molecule has 2 aliphatic carbocycles. The van der Waals surface area contributed by atoms with Crippen LogP contribution in [0.5, 0.6) is 0 Å². The second kappa shape index (κ2) is 6.59. The molecular formula is C21H23NO5. The summed E-state index contributed by atoms with van der Waals surface area (Å²) in [5, 5.41) is 0. The summed E-state index contributed by atoms with van der Waals surface area (Å²) in [5.41, 5.74) is 1.49. The predicted molar refractivity (Wildman–Crippen MR) is 95.6 cm³/mol. The summed E-state index contributed by atoms with van der Waals surface area (Å²) >= 11 is 0. The van der Waals surface area contributed by atoms with Crippen molar-refractivity contribution in [3.05, 3.63) is 35.4 Å². The van der Waals surface area contributed by atoms with Gasteiger partial charge in [0, 0.05) is 5.56 Å². The minimum Gasteiger partial charge on any atom is -0.456 e. The topological polar surface area (TPSA) is 80.8 Å². The van der Waals surface area contributed by atoms with Crippen LogP contribution in [0.4, 0.5) is 0 Å². The van der Waals surface area contributed by atoms with Crippen LogP contribution < -0.4 is 0 Å². The van der Waals surface area contributed by atoms with Gasteiger partial charge in [-0.3, -0.25) is 19.3 Å². The van der Waals surface area contributed by atoms with Crippen LogP contribution in [0.2, 0.25) is 0 Å². The van der Waals surface area contributed by atoms with Gasteiger partial charge in [-0.05, 0) is 44.9 Å². The molecule has 1 saturated heterocycles. The maximum atomic E-state index is 12.8. The standard InChI is InChI=1S/C21H23NO5/c1-11-3-5-13(6-4-11)16(23)10-27-21(26)12(2)22-19(24)17-14-7-8-15(9-14)18(17)20(22)25/h3-6,12,14-15,17-18H,7-10H2,1-2H3/t12-,14-,15-,17-,18-/m0/s1. The van der Waals surface area contributed by atoms with Crippen LogP contribution in [-0.4, -0.2) is 41.1 Å². The number of rotatable bonds is 5. The van der Waals surface area contributed by atoms with Crippen molar-refractivity contribution in [2.75, 3.05) is 6.61 Å². The lowest BCUT2D eigenvalue weighted by molar-refractivity contribution is -0.157. The smallest absolute Gasteiger partial charge is 0.329 e. The Kier molecular flexibility index (Phi) is 4.36. The Labute approximate surface area is 157 Å². The van der Waals surface area contributed by atoms with E-state index in [1.54, 1.807) is 12.1 Å². The molecule has 1 aromatic rings. The van der Waals surface area contributed by atoms with Crippen LogP contribution in [0.25, 0.3) is 0 Å². The van der Waals surface area contributed by atoms with Crippen LogP contribution in [0.1, 0.15) is 42.1 Å². The van der Waals surface area contributed by atoms with E-state index in [2.05, 4.69) is 0 Å². The average molecular weight is 369 g/mol. The zero-order valence-corrected chi connectivity index (χ0v) is 15.5. The second-order valence-electron chi connectivity index (χ2n) is 8.00. The van der Waals surface area contributed by atoms with Gasteiger partial charge in [0.15, 0.2) is 12.4 Å². The van der Waals surface area contributed by atoms with Gasteiger partial charge in [0.1, 0.15) is 6.04 Å². The quantitative estimate of drug-likeness (QED) is 0.451. The lowest BCUT2D eigenvalue weighted by Crippen LogP contribution is -2.45. The van der Waals surface area contributed by atoms with Gasteiger partial charge in [-0.1, -0.05) is 29.8 Å². The van der Waals surface area contributed by atoms with Gasteiger partial charge < -0.3 is 4.74 Å². The Morgan fingerprint density at radius 2 is 1.63 bits per heavy atom. The van der Waals surface area contributed by atoms with E-state index < -0.39 is 18.6 Å². The summed E-state index contributed by atoms with van der Waals surface area (Å²) in [6, 6.07) is 5.98. The molecule has 27 heavy (non-hydrogen) atoms. The molecule has 0 radical (unpaired) electrons. The van der Waals surface area contributed by atoms with E-state index in [0.717, 1.165) is 29.7 Å². The number of Topliss-reactive ketones (excluding diaryl/α,β-unsaturated/α-hetero) is 1. The molecule has 6 nitrogen and oxygen atoms in total. The fourth-order valence-corrected chi connectivity index (χ4v) is 5.00. The maximum Gasteiger partial charge on any atom is 0.329 e. The molecule has 0 aromatic heterocycles. The van der Waals surface area contributed by atoms with Crippen molar-refractivity contribution in [1.29, 1.82) is 0 Å². The third kappa shape index (κ3) is 2.87. The molecule has 2 saturated carbocycles.